The molecule has 0 aliphatic carbocycles. The van der Waals surface area contributed by atoms with E-state index in [1.165, 1.54) is 48.8 Å². The summed E-state index contributed by atoms with van der Waals surface area (Å²) in [6.45, 7) is 3.79. The van der Waals surface area contributed by atoms with E-state index in [-0.39, 0.29) is 103 Å². The van der Waals surface area contributed by atoms with Gasteiger partial charge in [-0.1, -0.05) is 19.6 Å². The van der Waals surface area contributed by atoms with Gasteiger partial charge in [-0.05, 0) is 154 Å². The Balaban J connectivity index is 0.000000241. The Morgan fingerprint density at radius 1 is 0.556 bits per heavy atom. The number of carbonyl (C=O) groups is 6. The number of halogens is 5. The van der Waals surface area contributed by atoms with Crippen molar-refractivity contribution in [2.45, 2.75) is 84.0 Å². The normalized spacial score (nSPS) is 19.9. The number of methoxy groups -OCH3 is 2. The average Bonchev–Trinajstić information content (AvgIpc) is 3.48. The zero-order valence-corrected chi connectivity index (χ0v) is 44.7. The second-order valence-electron chi connectivity index (χ2n) is 20.7. The quantitative estimate of drug-likeness (QED) is 0.0688. The SMILES string of the molecule is C.COc1ccc(C(=O)C2CCN(C(=O)c3ccc(C(=O)CC4CCN(Cc5ccc(OC(F)(F)F)cc5)C[C@H]4F)cn3)CC2)cc1.COc1ccc(C(=O)C2CCN(C(=O)c3ccc(C(=O)CC4CCNC[C@H]4F)cn3)CC2)cc1. The Bertz CT molecular complexity index is 2910. The summed E-state index contributed by atoms with van der Waals surface area (Å²) in [7, 11) is 3.15. The van der Waals surface area contributed by atoms with Gasteiger partial charge in [0.25, 0.3) is 11.8 Å². The number of alkyl halides is 5. The largest absolute Gasteiger partial charge is 0.573 e. The highest BCUT2D eigenvalue weighted by Gasteiger charge is 2.35. The molecule has 1 N–H and O–H groups in total. The number of pyridine rings is 2. The molecule has 81 heavy (non-hydrogen) atoms. The lowest BCUT2D eigenvalue weighted by molar-refractivity contribution is -0.274. The lowest BCUT2D eigenvalue weighted by Gasteiger charge is -2.34. The highest BCUT2D eigenvalue weighted by Crippen LogP contribution is 2.30. The van der Waals surface area contributed by atoms with Gasteiger partial charge in [0, 0.05) is 105 Å². The first-order valence-corrected chi connectivity index (χ1v) is 26.9. The van der Waals surface area contributed by atoms with E-state index in [0.29, 0.717) is 118 Å². The zero-order valence-electron chi connectivity index (χ0n) is 44.7. The van der Waals surface area contributed by atoms with Crippen LogP contribution in [0.2, 0.25) is 0 Å². The maximum absolute atomic E-state index is 15.1. The number of amides is 2. The molecule has 4 atom stereocenters. The fraction of sp³-hybridized carbons (Fsp3) is 0.443. The second kappa shape index (κ2) is 28.3. The maximum atomic E-state index is 15.1. The number of rotatable bonds is 17. The average molecular weight is 1130 g/mol. The molecule has 2 aromatic heterocycles. The van der Waals surface area contributed by atoms with Crippen molar-refractivity contribution < 1.29 is 64.9 Å². The van der Waals surface area contributed by atoms with Crippen LogP contribution in [0.5, 0.6) is 17.2 Å². The number of carbonyl (C=O) groups excluding carboxylic acids is 6. The lowest BCUT2D eigenvalue weighted by Crippen LogP contribution is -2.42. The lowest BCUT2D eigenvalue weighted by atomic mass is 9.88. The third-order valence-corrected chi connectivity index (χ3v) is 15.4. The van der Waals surface area contributed by atoms with Gasteiger partial charge in [-0.2, -0.15) is 0 Å². The highest BCUT2D eigenvalue weighted by molar-refractivity contribution is 6.00. The monoisotopic (exact) mass is 1120 g/mol. The van der Waals surface area contributed by atoms with Gasteiger partial charge in [-0.3, -0.25) is 43.6 Å². The minimum atomic E-state index is -4.77. The molecule has 15 nitrogen and oxygen atoms in total. The van der Waals surface area contributed by atoms with Crippen molar-refractivity contribution in [2.24, 2.45) is 23.7 Å². The molecule has 2 unspecified atom stereocenters. The molecule has 6 heterocycles. The Labute approximate surface area is 468 Å². The van der Waals surface area contributed by atoms with Gasteiger partial charge in [-0.25, -0.2) is 8.78 Å². The summed E-state index contributed by atoms with van der Waals surface area (Å²) in [5.74, 6) is -0.760. The summed E-state index contributed by atoms with van der Waals surface area (Å²) in [6, 6.07) is 25.7. The van der Waals surface area contributed by atoms with E-state index in [9.17, 15) is 46.3 Å². The summed E-state index contributed by atoms with van der Waals surface area (Å²) in [6.07, 6.45) is -0.786. The van der Waals surface area contributed by atoms with E-state index in [1.54, 1.807) is 84.7 Å². The standard InChI is InChI=1S/C34H35F4N3O5.C26H30FN3O4.CH4/c1-45-27-9-4-23(5-10-27)32(43)24-13-16-41(17-14-24)33(44)30-11-6-26(19-39-30)31(42)18-25-12-15-40(21-29(25)35)20-22-2-7-28(8-3-22)46-34(36,37)38;1-34-21-5-2-17(3-6-21)25(32)18-9-12-30(13-10-18)26(33)23-7-4-20(15-29-23)24(31)14-19-8-11-28-16-22(19)27;/h2-11,19,24-25,29H,12-18,20-21H2,1H3;2-7,15,18-19,22,28H,8-14,16H2,1H3;1H4/t25?,29-;19?,22-;/m11./s1. The number of Topliss-reactive ketones (excluding diaryl/α,β-unsaturated/α-hetero) is 4. The number of hydrogen-bond donors (Lipinski definition) is 1. The molecule has 5 aromatic rings. The van der Waals surface area contributed by atoms with Crippen molar-refractivity contribution >= 4 is 34.9 Å². The van der Waals surface area contributed by atoms with E-state index in [2.05, 4.69) is 20.0 Å². The van der Waals surface area contributed by atoms with Crippen LogP contribution in [0.25, 0.3) is 0 Å². The van der Waals surface area contributed by atoms with Crippen LogP contribution in [0.3, 0.4) is 0 Å². The van der Waals surface area contributed by atoms with Crippen LogP contribution in [0, 0.1) is 23.7 Å². The number of ketones is 4. The van der Waals surface area contributed by atoms with Crippen LogP contribution >= 0.6 is 0 Å². The van der Waals surface area contributed by atoms with Gasteiger partial charge in [0.15, 0.2) is 23.1 Å². The number of likely N-dealkylation sites (tertiary alicyclic amines) is 3. The number of hydrogen-bond acceptors (Lipinski definition) is 13. The van der Waals surface area contributed by atoms with E-state index >= 15 is 4.39 Å². The molecule has 432 valence electrons. The van der Waals surface area contributed by atoms with Crippen LogP contribution < -0.4 is 19.5 Å². The van der Waals surface area contributed by atoms with Crippen molar-refractivity contribution in [3.05, 3.63) is 149 Å². The van der Waals surface area contributed by atoms with Crippen molar-refractivity contribution in [2.75, 3.05) is 66.6 Å². The number of piperidine rings is 4. The third-order valence-electron chi connectivity index (χ3n) is 15.4. The van der Waals surface area contributed by atoms with Crippen molar-refractivity contribution in [3.63, 3.8) is 0 Å². The summed E-state index contributed by atoms with van der Waals surface area (Å²) in [4.78, 5) is 90.8. The van der Waals surface area contributed by atoms with E-state index in [0.717, 1.165) is 5.56 Å². The number of ether oxygens (including phenoxy) is 3. The van der Waals surface area contributed by atoms with Crippen LogP contribution in [-0.4, -0.2) is 145 Å². The third kappa shape index (κ3) is 16.6. The first-order valence-electron chi connectivity index (χ1n) is 26.9. The molecule has 4 fully saturated rings. The Hall–Kier alpha value is -7.45. The molecule has 4 aliphatic rings. The van der Waals surface area contributed by atoms with E-state index in [4.69, 9.17) is 9.47 Å². The molecule has 2 amide bonds. The summed E-state index contributed by atoms with van der Waals surface area (Å²) < 4.78 is 80.4. The van der Waals surface area contributed by atoms with Crippen LogP contribution in [0.4, 0.5) is 22.0 Å². The molecule has 0 bridgehead atoms. The summed E-state index contributed by atoms with van der Waals surface area (Å²) in [5.41, 5.74) is 3.15. The van der Waals surface area contributed by atoms with E-state index in [1.807, 2.05) is 4.90 Å². The molecule has 0 saturated carbocycles. The summed E-state index contributed by atoms with van der Waals surface area (Å²) in [5, 5.41) is 2.99. The van der Waals surface area contributed by atoms with Crippen molar-refractivity contribution in [3.8, 4) is 17.2 Å². The molecule has 20 heteroatoms. The molecular weight excluding hydrogens is 1060 g/mol. The van der Waals surface area contributed by atoms with Crippen molar-refractivity contribution in [1.82, 2.24) is 30.0 Å². The van der Waals surface area contributed by atoms with Crippen LogP contribution in [0.15, 0.2) is 109 Å². The highest BCUT2D eigenvalue weighted by atomic mass is 19.4. The van der Waals surface area contributed by atoms with Crippen LogP contribution in [-0.2, 0) is 6.54 Å². The van der Waals surface area contributed by atoms with Gasteiger partial charge in [0.1, 0.15) is 41.0 Å². The van der Waals surface area contributed by atoms with E-state index < -0.39 is 24.6 Å². The first-order chi connectivity index (χ1) is 38.4. The van der Waals surface area contributed by atoms with Gasteiger partial charge in [0.05, 0.1) is 14.2 Å². The molecule has 0 radical (unpaired) electrons. The fourth-order valence-corrected chi connectivity index (χ4v) is 10.6. The molecule has 3 aromatic carbocycles. The number of nitrogens with one attached hydrogen (secondary N) is 1. The Kier molecular flexibility index (Phi) is 21.4. The summed E-state index contributed by atoms with van der Waals surface area (Å²) >= 11 is 0. The van der Waals surface area contributed by atoms with Gasteiger partial charge >= 0.3 is 6.36 Å². The zero-order chi connectivity index (χ0) is 56.9. The number of aromatic nitrogens is 2. The molecule has 4 aliphatic heterocycles. The number of nitrogens with zero attached hydrogens (tertiary/aromatic N) is 5. The molecule has 9 rings (SSSR count). The molecule has 4 saturated heterocycles. The maximum Gasteiger partial charge on any atom is 0.573 e. The fourth-order valence-electron chi connectivity index (χ4n) is 10.6. The topological polar surface area (TPSA) is 178 Å². The molecular formula is C61H69F5N6O9. The predicted molar refractivity (Wildman–Crippen MR) is 292 cm³/mol. The van der Waals surface area contributed by atoms with Gasteiger partial charge < -0.3 is 29.3 Å². The smallest absolute Gasteiger partial charge is 0.497 e. The Morgan fingerprint density at radius 3 is 1.38 bits per heavy atom. The molecule has 0 spiro atoms. The minimum Gasteiger partial charge on any atom is -0.497 e. The van der Waals surface area contributed by atoms with Gasteiger partial charge in [0.2, 0.25) is 0 Å². The number of benzene rings is 3. The second-order valence-corrected chi connectivity index (χ2v) is 20.7. The first kappa shape index (κ1) is 61.2. The predicted octanol–water partition coefficient (Wildman–Crippen LogP) is 10.1. The van der Waals surface area contributed by atoms with Crippen LogP contribution in [0.1, 0.15) is 127 Å². The minimum absolute atomic E-state index is 0. The van der Waals surface area contributed by atoms with Gasteiger partial charge in [-0.15, -0.1) is 13.2 Å². The van der Waals surface area contributed by atoms with Crippen molar-refractivity contribution in [1.29, 1.82) is 0 Å². The Morgan fingerprint density at radius 2 is 0.988 bits per heavy atom.